The minimum atomic E-state index is 0.314. The zero-order valence-corrected chi connectivity index (χ0v) is 9.35. The smallest absolute Gasteiger partial charge is 0.00233 e. The monoisotopic (exact) mass is 171 g/mol. The van der Waals surface area contributed by atoms with E-state index in [2.05, 4.69) is 34.6 Å². The second-order valence-corrected chi connectivity index (χ2v) is 5.06. The number of rotatable bonds is 5. The van der Waals surface area contributed by atoms with Crippen LogP contribution in [0.5, 0.6) is 0 Å². The fourth-order valence-electron chi connectivity index (χ4n) is 1.18. The van der Waals surface area contributed by atoms with Crippen LogP contribution in [-0.4, -0.2) is 6.54 Å². The molecule has 0 aliphatic heterocycles. The molecule has 0 fully saturated rings. The van der Waals surface area contributed by atoms with Crippen LogP contribution in [0.15, 0.2) is 0 Å². The summed E-state index contributed by atoms with van der Waals surface area (Å²) in [6, 6.07) is 0. The molecule has 1 atom stereocenters. The van der Waals surface area contributed by atoms with Crippen LogP contribution in [0.25, 0.3) is 0 Å². The first kappa shape index (κ1) is 12.0. The van der Waals surface area contributed by atoms with Gasteiger partial charge < -0.3 is 5.73 Å². The van der Waals surface area contributed by atoms with Gasteiger partial charge in [0.05, 0.1) is 0 Å². The highest BCUT2D eigenvalue weighted by Gasteiger charge is 2.23. The number of nitrogens with two attached hydrogens (primary N) is 1. The minimum absolute atomic E-state index is 0.314. The van der Waals surface area contributed by atoms with Crippen molar-refractivity contribution in [3.05, 3.63) is 0 Å². The molecular weight excluding hydrogens is 146 g/mol. The fraction of sp³-hybridized carbons (Fsp3) is 1.00. The summed E-state index contributed by atoms with van der Waals surface area (Å²) in [6.07, 6.45) is 2.63. The normalized spacial score (nSPS) is 15.2. The Bertz CT molecular complexity index is 116. The Morgan fingerprint density at radius 2 is 1.58 bits per heavy atom. The lowest BCUT2D eigenvalue weighted by Gasteiger charge is -2.30. The first-order valence-corrected chi connectivity index (χ1v) is 5.10. The third kappa shape index (κ3) is 4.10. The Balaban J connectivity index is 3.78. The van der Waals surface area contributed by atoms with E-state index in [4.69, 9.17) is 5.73 Å². The molecule has 0 spiro atoms. The van der Waals surface area contributed by atoms with Crippen molar-refractivity contribution < 1.29 is 0 Å². The van der Waals surface area contributed by atoms with Crippen molar-refractivity contribution in [2.24, 2.45) is 23.0 Å². The lowest BCUT2D eigenvalue weighted by molar-refractivity contribution is 0.217. The van der Waals surface area contributed by atoms with Crippen LogP contribution in [-0.2, 0) is 0 Å². The van der Waals surface area contributed by atoms with Crippen molar-refractivity contribution in [3.8, 4) is 0 Å². The van der Waals surface area contributed by atoms with Crippen molar-refractivity contribution in [3.63, 3.8) is 0 Å². The number of hydrogen-bond acceptors (Lipinski definition) is 1. The average molecular weight is 171 g/mol. The molecule has 0 amide bonds. The van der Waals surface area contributed by atoms with Gasteiger partial charge in [-0.1, -0.05) is 41.0 Å². The van der Waals surface area contributed by atoms with Crippen LogP contribution in [0.3, 0.4) is 0 Å². The molecule has 0 radical (unpaired) electrons. The predicted octanol–water partition coefficient (Wildman–Crippen LogP) is 3.04. The molecule has 0 aromatic rings. The summed E-state index contributed by atoms with van der Waals surface area (Å²) in [5, 5.41) is 0. The Labute approximate surface area is 77.7 Å². The maximum absolute atomic E-state index is 5.71. The first-order chi connectivity index (χ1) is 5.40. The van der Waals surface area contributed by atoms with E-state index in [9.17, 15) is 0 Å². The molecule has 0 saturated heterocycles. The van der Waals surface area contributed by atoms with Crippen molar-refractivity contribution >= 4 is 0 Å². The molecule has 1 heteroatoms. The van der Waals surface area contributed by atoms with E-state index in [1.807, 2.05) is 0 Å². The second kappa shape index (κ2) is 4.86. The molecule has 74 valence electrons. The van der Waals surface area contributed by atoms with Crippen LogP contribution < -0.4 is 5.73 Å². The van der Waals surface area contributed by atoms with Crippen molar-refractivity contribution in [1.29, 1.82) is 0 Å². The van der Waals surface area contributed by atoms with E-state index in [1.165, 1.54) is 12.8 Å². The zero-order chi connectivity index (χ0) is 9.78. The molecule has 0 aromatic carbocycles. The van der Waals surface area contributed by atoms with Gasteiger partial charge >= 0.3 is 0 Å². The Morgan fingerprint density at radius 3 is 1.92 bits per heavy atom. The molecule has 12 heavy (non-hydrogen) atoms. The zero-order valence-electron chi connectivity index (χ0n) is 9.35. The van der Waals surface area contributed by atoms with Crippen molar-refractivity contribution in [1.82, 2.24) is 0 Å². The molecule has 0 aromatic heterocycles. The van der Waals surface area contributed by atoms with Gasteiger partial charge in [0.2, 0.25) is 0 Å². The highest BCUT2D eigenvalue weighted by atomic mass is 14.6. The van der Waals surface area contributed by atoms with Crippen LogP contribution in [0.1, 0.15) is 47.5 Å². The Kier molecular flexibility index (Phi) is 4.84. The predicted molar refractivity (Wildman–Crippen MR) is 56.1 cm³/mol. The topological polar surface area (TPSA) is 26.0 Å². The van der Waals surface area contributed by atoms with Crippen molar-refractivity contribution in [2.45, 2.75) is 47.5 Å². The third-order valence-electron chi connectivity index (χ3n) is 3.04. The summed E-state index contributed by atoms with van der Waals surface area (Å²) in [6.45, 7) is 12.2. The molecule has 0 rings (SSSR count). The van der Waals surface area contributed by atoms with Gasteiger partial charge in [0, 0.05) is 0 Å². The van der Waals surface area contributed by atoms with Gasteiger partial charge in [-0.3, -0.25) is 0 Å². The summed E-state index contributed by atoms with van der Waals surface area (Å²) in [5.41, 5.74) is 6.03. The number of hydrogen-bond donors (Lipinski definition) is 1. The molecule has 0 bridgehead atoms. The van der Waals surface area contributed by atoms with E-state index < -0.39 is 0 Å². The Hall–Kier alpha value is -0.0400. The van der Waals surface area contributed by atoms with Crippen LogP contribution in [0.2, 0.25) is 0 Å². The summed E-state index contributed by atoms with van der Waals surface area (Å²) >= 11 is 0. The maximum Gasteiger partial charge on any atom is -0.00233 e. The van der Waals surface area contributed by atoms with E-state index in [0.29, 0.717) is 5.41 Å². The minimum Gasteiger partial charge on any atom is -0.330 e. The largest absolute Gasteiger partial charge is 0.330 e. The van der Waals surface area contributed by atoms with Crippen LogP contribution in [0, 0.1) is 17.3 Å². The van der Waals surface area contributed by atoms with Crippen LogP contribution in [0.4, 0.5) is 0 Å². The highest BCUT2D eigenvalue weighted by Crippen LogP contribution is 2.29. The Morgan fingerprint density at radius 1 is 1.08 bits per heavy atom. The van der Waals surface area contributed by atoms with E-state index >= 15 is 0 Å². The van der Waals surface area contributed by atoms with Gasteiger partial charge in [-0.05, 0) is 30.2 Å². The van der Waals surface area contributed by atoms with Gasteiger partial charge in [-0.25, -0.2) is 0 Å². The lowest BCUT2D eigenvalue weighted by Crippen LogP contribution is -2.30. The fourth-order valence-corrected chi connectivity index (χ4v) is 1.18. The maximum atomic E-state index is 5.71. The molecule has 0 saturated carbocycles. The van der Waals surface area contributed by atoms with E-state index in [0.717, 1.165) is 18.4 Å². The molecule has 0 aliphatic rings. The third-order valence-corrected chi connectivity index (χ3v) is 3.04. The molecular formula is C11H25N. The molecule has 2 N–H and O–H groups in total. The second-order valence-electron chi connectivity index (χ2n) is 5.06. The molecule has 1 nitrogen and oxygen atoms in total. The van der Waals surface area contributed by atoms with Gasteiger partial charge in [0.1, 0.15) is 0 Å². The van der Waals surface area contributed by atoms with Crippen molar-refractivity contribution in [2.75, 3.05) is 6.54 Å². The van der Waals surface area contributed by atoms with Gasteiger partial charge in [-0.15, -0.1) is 0 Å². The van der Waals surface area contributed by atoms with Crippen LogP contribution >= 0.6 is 0 Å². The molecule has 0 heterocycles. The van der Waals surface area contributed by atoms with Gasteiger partial charge in [0.15, 0.2) is 0 Å². The quantitative estimate of drug-likeness (QED) is 0.676. The summed E-state index contributed by atoms with van der Waals surface area (Å²) < 4.78 is 0. The SMILES string of the molecule is CC(C)CCC(C)C(C)(C)CN. The molecule has 0 aliphatic carbocycles. The molecule has 1 unspecified atom stereocenters. The van der Waals surface area contributed by atoms with Gasteiger partial charge in [-0.2, -0.15) is 0 Å². The van der Waals surface area contributed by atoms with E-state index in [1.54, 1.807) is 0 Å². The first-order valence-electron chi connectivity index (χ1n) is 5.10. The lowest BCUT2D eigenvalue weighted by atomic mass is 9.77. The average Bonchev–Trinajstić information content (AvgIpc) is 2.00. The highest BCUT2D eigenvalue weighted by molar-refractivity contribution is 4.76. The van der Waals surface area contributed by atoms with Gasteiger partial charge in [0.25, 0.3) is 0 Å². The standard InChI is InChI=1S/C11H25N/c1-9(2)6-7-10(3)11(4,5)8-12/h9-10H,6-8,12H2,1-5H3. The summed E-state index contributed by atoms with van der Waals surface area (Å²) in [5.74, 6) is 1.56. The van der Waals surface area contributed by atoms with E-state index in [-0.39, 0.29) is 0 Å². The summed E-state index contributed by atoms with van der Waals surface area (Å²) in [7, 11) is 0. The summed E-state index contributed by atoms with van der Waals surface area (Å²) in [4.78, 5) is 0.